The van der Waals surface area contributed by atoms with Crippen molar-refractivity contribution in [3.05, 3.63) is 63.6 Å². The highest BCUT2D eigenvalue weighted by molar-refractivity contribution is 5.43. The molecule has 0 N–H and O–H groups in total. The third-order valence-electron chi connectivity index (χ3n) is 2.74. The summed E-state index contributed by atoms with van der Waals surface area (Å²) in [5.74, 6) is 0. The molecule has 0 aliphatic rings. The van der Waals surface area contributed by atoms with Crippen LogP contribution >= 0.6 is 0 Å². The highest BCUT2D eigenvalue weighted by atomic mass is 16.1. The molecule has 3 nitrogen and oxygen atoms in total. The zero-order chi connectivity index (χ0) is 12.4. The van der Waals surface area contributed by atoms with Gasteiger partial charge in [-0.05, 0) is 25.5 Å². The molecule has 17 heavy (non-hydrogen) atoms. The fourth-order valence-corrected chi connectivity index (χ4v) is 1.81. The first-order chi connectivity index (χ1) is 8.13. The van der Waals surface area contributed by atoms with Crippen molar-refractivity contribution in [3.8, 4) is 11.8 Å². The van der Waals surface area contributed by atoms with Gasteiger partial charge in [0.15, 0.2) is 5.43 Å². The van der Waals surface area contributed by atoms with Gasteiger partial charge in [-0.3, -0.25) is 4.79 Å². The van der Waals surface area contributed by atoms with E-state index in [1.54, 1.807) is 6.20 Å². The number of aromatic nitrogens is 1. The smallest absolute Gasteiger partial charge is 0.199 e. The molecule has 84 valence electrons. The van der Waals surface area contributed by atoms with Crippen molar-refractivity contribution >= 4 is 0 Å². The van der Waals surface area contributed by atoms with Gasteiger partial charge in [0.05, 0.1) is 0 Å². The molecule has 0 unspecified atom stereocenters. The quantitative estimate of drug-likeness (QED) is 0.746. The van der Waals surface area contributed by atoms with Crippen LogP contribution in [0.15, 0.2) is 41.3 Å². The number of hydrogen-bond donors (Lipinski definition) is 0. The van der Waals surface area contributed by atoms with E-state index in [0.29, 0.717) is 0 Å². The number of hydrogen-bond acceptors (Lipinski definition) is 2. The van der Waals surface area contributed by atoms with Crippen LogP contribution in [0.5, 0.6) is 0 Å². The van der Waals surface area contributed by atoms with Crippen molar-refractivity contribution < 1.29 is 0 Å². The fourth-order valence-electron chi connectivity index (χ4n) is 1.81. The molecule has 0 aliphatic carbocycles. The maximum atomic E-state index is 11.5. The van der Waals surface area contributed by atoms with Crippen LogP contribution in [0.25, 0.3) is 5.69 Å². The largest absolute Gasteiger partial charge is 0.319 e. The summed E-state index contributed by atoms with van der Waals surface area (Å²) in [6.45, 7) is 3.86. The Hall–Kier alpha value is -2.34. The minimum Gasteiger partial charge on any atom is -0.319 e. The molecule has 0 radical (unpaired) electrons. The van der Waals surface area contributed by atoms with E-state index in [2.05, 4.69) is 0 Å². The van der Waals surface area contributed by atoms with Crippen molar-refractivity contribution in [2.45, 2.75) is 13.8 Å². The van der Waals surface area contributed by atoms with Gasteiger partial charge in [0, 0.05) is 23.6 Å². The van der Waals surface area contributed by atoms with E-state index >= 15 is 0 Å². The number of aryl methyl sites for hydroxylation is 2. The monoisotopic (exact) mass is 224 g/mol. The Balaban J connectivity index is 2.73. The lowest BCUT2D eigenvalue weighted by molar-refractivity contribution is 0.957. The van der Waals surface area contributed by atoms with Gasteiger partial charge in [0.1, 0.15) is 11.6 Å². The summed E-state index contributed by atoms with van der Waals surface area (Å²) in [7, 11) is 0. The van der Waals surface area contributed by atoms with Gasteiger partial charge >= 0.3 is 0 Å². The molecule has 1 aromatic heterocycles. The molecule has 3 heteroatoms. The van der Waals surface area contributed by atoms with E-state index in [4.69, 9.17) is 5.26 Å². The van der Waals surface area contributed by atoms with Crippen molar-refractivity contribution in [1.29, 1.82) is 5.26 Å². The number of rotatable bonds is 1. The molecular weight excluding hydrogens is 212 g/mol. The lowest BCUT2D eigenvalue weighted by atomic mass is 10.1. The summed E-state index contributed by atoms with van der Waals surface area (Å²) < 4.78 is 1.87. The summed E-state index contributed by atoms with van der Waals surface area (Å²) in [5.41, 5.74) is 2.85. The van der Waals surface area contributed by atoms with E-state index in [-0.39, 0.29) is 11.0 Å². The SMILES string of the molecule is Cc1ccccc1-n1cc(C#N)c(=O)cc1C. The molecule has 0 aliphatic heterocycles. The molecule has 0 amide bonds. The summed E-state index contributed by atoms with van der Waals surface area (Å²) in [4.78, 5) is 11.5. The Kier molecular flexibility index (Phi) is 2.80. The molecule has 0 fully saturated rings. The normalized spacial score (nSPS) is 9.94. The van der Waals surface area contributed by atoms with E-state index < -0.39 is 0 Å². The second kappa shape index (κ2) is 4.26. The second-order valence-corrected chi connectivity index (χ2v) is 3.96. The van der Waals surface area contributed by atoms with Crippen LogP contribution in [-0.4, -0.2) is 4.57 Å². The van der Waals surface area contributed by atoms with E-state index in [0.717, 1.165) is 16.9 Å². The number of nitrogens with zero attached hydrogens (tertiary/aromatic N) is 2. The van der Waals surface area contributed by atoms with Crippen LogP contribution in [-0.2, 0) is 0 Å². The Morgan fingerprint density at radius 1 is 1.24 bits per heavy atom. The molecule has 1 aromatic carbocycles. The van der Waals surface area contributed by atoms with Crippen LogP contribution in [0.1, 0.15) is 16.8 Å². The molecule has 1 heterocycles. The van der Waals surface area contributed by atoms with Gasteiger partial charge in [0.25, 0.3) is 0 Å². The first kappa shape index (κ1) is 11.2. The number of nitriles is 1. The van der Waals surface area contributed by atoms with Gasteiger partial charge in [-0.25, -0.2) is 0 Å². The summed E-state index contributed by atoms with van der Waals surface area (Å²) in [6.07, 6.45) is 1.60. The van der Waals surface area contributed by atoms with Gasteiger partial charge in [-0.1, -0.05) is 18.2 Å². The van der Waals surface area contributed by atoms with Crippen LogP contribution in [0.3, 0.4) is 0 Å². The average Bonchev–Trinajstić information content (AvgIpc) is 2.31. The van der Waals surface area contributed by atoms with Crippen molar-refractivity contribution in [1.82, 2.24) is 4.57 Å². The maximum Gasteiger partial charge on any atom is 0.199 e. The van der Waals surface area contributed by atoms with E-state index in [1.165, 1.54) is 6.07 Å². The maximum absolute atomic E-state index is 11.5. The van der Waals surface area contributed by atoms with Crippen LogP contribution in [0.2, 0.25) is 0 Å². The zero-order valence-electron chi connectivity index (χ0n) is 9.77. The van der Waals surface area contributed by atoms with Crippen LogP contribution in [0.4, 0.5) is 0 Å². The molecule has 0 bridgehead atoms. The Bertz CT molecular complexity index is 663. The molecule has 0 saturated heterocycles. The van der Waals surface area contributed by atoms with E-state index in [9.17, 15) is 4.79 Å². The summed E-state index contributed by atoms with van der Waals surface area (Å²) in [6, 6.07) is 11.3. The van der Waals surface area contributed by atoms with Crippen molar-refractivity contribution in [3.63, 3.8) is 0 Å². The van der Waals surface area contributed by atoms with E-state index in [1.807, 2.05) is 48.7 Å². The second-order valence-electron chi connectivity index (χ2n) is 3.96. The van der Waals surface area contributed by atoms with Crippen LogP contribution in [0, 0.1) is 25.2 Å². The molecule has 0 spiro atoms. The highest BCUT2D eigenvalue weighted by Gasteiger charge is 2.06. The summed E-state index contributed by atoms with van der Waals surface area (Å²) >= 11 is 0. The lowest BCUT2D eigenvalue weighted by Gasteiger charge is -2.13. The number of para-hydroxylation sites is 1. The highest BCUT2D eigenvalue weighted by Crippen LogP contribution is 2.15. The predicted molar refractivity (Wildman–Crippen MR) is 66.2 cm³/mol. The van der Waals surface area contributed by atoms with Crippen LogP contribution < -0.4 is 5.43 Å². The minimum atomic E-state index is -0.227. The lowest BCUT2D eigenvalue weighted by Crippen LogP contribution is -2.12. The Labute approximate surface area is 99.6 Å². The predicted octanol–water partition coefficient (Wildman–Crippen LogP) is 2.33. The van der Waals surface area contributed by atoms with Gasteiger partial charge in [-0.15, -0.1) is 0 Å². The third-order valence-corrected chi connectivity index (χ3v) is 2.74. The first-order valence-electron chi connectivity index (χ1n) is 5.33. The molecule has 0 atom stereocenters. The fraction of sp³-hybridized carbons (Fsp3) is 0.143. The minimum absolute atomic E-state index is 0.166. The Morgan fingerprint density at radius 3 is 2.59 bits per heavy atom. The first-order valence-corrected chi connectivity index (χ1v) is 5.33. The average molecular weight is 224 g/mol. The van der Waals surface area contributed by atoms with Gasteiger partial charge in [0.2, 0.25) is 0 Å². The summed E-state index contributed by atoms with van der Waals surface area (Å²) in [5, 5.41) is 8.89. The molecule has 0 saturated carbocycles. The number of pyridine rings is 1. The zero-order valence-corrected chi connectivity index (χ0v) is 9.77. The van der Waals surface area contributed by atoms with Gasteiger partial charge < -0.3 is 4.57 Å². The standard InChI is InChI=1S/C14H12N2O/c1-10-5-3-4-6-13(10)16-9-12(8-15)14(17)7-11(16)2/h3-7,9H,1-2H3. The number of benzene rings is 1. The molecule has 2 rings (SSSR count). The van der Waals surface area contributed by atoms with Crippen molar-refractivity contribution in [2.75, 3.05) is 0 Å². The third kappa shape index (κ3) is 1.98. The molecule has 2 aromatic rings. The topological polar surface area (TPSA) is 45.8 Å². The molecular formula is C14H12N2O. The van der Waals surface area contributed by atoms with Crippen molar-refractivity contribution in [2.24, 2.45) is 0 Å². The van der Waals surface area contributed by atoms with Gasteiger partial charge in [-0.2, -0.15) is 5.26 Å². The Morgan fingerprint density at radius 2 is 1.94 bits per heavy atom.